The van der Waals surface area contributed by atoms with Crippen LogP contribution in [0, 0.1) is 0 Å². The number of aryl methyl sites for hydroxylation is 1. The Bertz CT molecular complexity index is 656. The maximum atomic E-state index is 12.3. The number of nitrogen functional groups attached to an aromatic ring is 1. The molecule has 2 rings (SSSR count). The van der Waals surface area contributed by atoms with Crippen LogP contribution in [0.4, 0.5) is 11.4 Å². The third-order valence-electron chi connectivity index (χ3n) is 2.96. The van der Waals surface area contributed by atoms with Gasteiger partial charge in [-0.3, -0.25) is 4.79 Å². The molecule has 3 nitrogen and oxygen atoms in total. The van der Waals surface area contributed by atoms with Crippen LogP contribution in [0.2, 0.25) is 0 Å². The maximum absolute atomic E-state index is 12.3. The average molecular weight is 398 g/mol. The van der Waals surface area contributed by atoms with E-state index in [1.807, 2.05) is 31.2 Å². The van der Waals surface area contributed by atoms with Gasteiger partial charge in [-0.15, -0.1) is 0 Å². The number of nitrogens with one attached hydrogen (secondary N) is 1. The van der Waals surface area contributed by atoms with E-state index in [4.69, 9.17) is 5.73 Å². The van der Waals surface area contributed by atoms with Gasteiger partial charge in [-0.25, -0.2) is 0 Å². The number of benzene rings is 2. The second-order valence-corrected chi connectivity index (χ2v) is 6.17. The van der Waals surface area contributed by atoms with Crippen molar-refractivity contribution in [1.82, 2.24) is 0 Å². The molecule has 1 amide bonds. The first-order valence-corrected chi connectivity index (χ1v) is 7.74. The van der Waals surface area contributed by atoms with Gasteiger partial charge in [-0.2, -0.15) is 0 Å². The highest BCUT2D eigenvalue weighted by atomic mass is 79.9. The first-order chi connectivity index (χ1) is 9.51. The quantitative estimate of drug-likeness (QED) is 0.743. The number of carbonyl (C=O) groups excluding carboxylic acids is 1. The van der Waals surface area contributed by atoms with Gasteiger partial charge in [0.15, 0.2) is 0 Å². The summed E-state index contributed by atoms with van der Waals surface area (Å²) in [7, 11) is 0. The molecule has 0 spiro atoms. The van der Waals surface area contributed by atoms with Crippen molar-refractivity contribution in [2.45, 2.75) is 13.3 Å². The lowest BCUT2D eigenvalue weighted by Crippen LogP contribution is -2.15. The van der Waals surface area contributed by atoms with Crippen LogP contribution in [-0.4, -0.2) is 5.91 Å². The summed E-state index contributed by atoms with van der Waals surface area (Å²) in [5.74, 6) is -0.208. The minimum absolute atomic E-state index is 0.208. The molecule has 0 saturated carbocycles. The maximum Gasteiger partial charge on any atom is 0.257 e. The number of hydrogen-bond acceptors (Lipinski definition) is 2. The predicted molar refractivity (Wildman–Crippen MR) is 90.0 cm³/mol. The smallest absolute Gasteiger partial charge is 0.257 e. The number of nitrogens with two attached hydrogens (primary N) is 1. The SMILES string of the molecule is CCc1cc(Br)ccc1NC(=O)c1cc(Br)ccc1N. The molecule has 0 aliphatic heterocycles. The van der Waals surface area contributed by atoms with Crippen LogP contribution < -0.4 is 11.1 Å². The lowest BCUT2D eigenvalue weighted by molar-refractivity contribution is 0.102. The Morgan fingerprint density at radius 1 is 1.15 bits per heavy atom. The fourth-order valence-corrected chi connectivity index (χ4v) is 2.66. The van der Waals surface area contributed by atoms with Crippen molar-refractivity contribution < 1.29 is 4.79 Å². The Hall–Kier alpha value is -1.33. The number of amides is 1. The number of hydrogen-bond donors (Lipinski definition) is 2. The first-order valence-electron chi connectivity index (χ1n) is 6.16. The van der Waals surface area contributed by atoms with Crippen LogP contribution in [0.3, 0.4) is 0 Å². The van der Waals surface area contributed by atoms with E-state index in [9.17, 15) is 4.79 Å². The van der Waals surface area contributed by atoms with Gasteiger partial charge in [0.1, 0.15) is 0 Å². The highest BCUT2D eigenvalue weighted by molar-refractivity contribution is 9.10. The summed E-state index contributed by atoms with van der Waals surface area (Å²) in [5.41, 5.74) is 8.65. The van der Waals surface area contributed by atoms with Gasteiger partial charge in [0, 0.05) is 20.3 Å². The Balaban J connectivity index is 2.30. The van der Waals surface area contributed by atoms with Gasteiger partial charge in [-0.1, -0.05) is 38.8 Å². The van der Waals surface area contributed by atoms with E-state index in [1.54, 1.807) is 12.1 Å². The molecule has 5 heteroatoms. The monoisotopic (exact) mass is 396 g/mol. The molecule has 0 fully saturated rings. The molecular formula is C15H14Br2N2O. The fraction of sp³-hybridized carbons (Fsp3) is 0.133. The van der Waals surface area contributed by atoms with Crippen molar-refractivity contribution in [3.05, 3.63) is 56.5 Å². The van der Waals surface area contributed by atoms with Gasteiger partial charge in [0.25, 0.3) is 5.91 Å². The Morgan fingerprint density at radius 2 is 1.80 bits per heavy atom. The minimum atomic E-state index is -0.208. The molecule has 3 N–H and O–H groups in total. The predicted octanol–water partition coefficient (Wildman–Crippen LogP) is 4.61. The van der Waals surface area contributed by atoms with Gasteiger partial charge >= 0.3 is 0 Å². The molecule has 0 unspecified atom stereocenters. The van der Waals surface area contributed by atoms with E-state index in [0.717, 1.165) is 26.6 Å². The molecule has 0 aliphatic rings. The third-order valence-corrected chi connectivity index (χ3v) is 3.94. The van der Waals surface area contributed by atoms with Crippen LogP contribution in [0.25, 0.3) is 0 Å². The largest absolute Gasteiger partial charge is 0.398 e. The highest BCUT2D eigenvalue weighted by Gasteiger charge is 2.12. The lowest BCUT2D eigenvalue weighted by atomic mass is 10.1. The summed E-state index contributed by atoms with van der Waals surface area (Å²) in [6.45, 7) is 2.05. The zero-order valence-corrected chi connectivity index (χ0v) is 14.1. The van der Waals surface area contributed by atoms with Crippen molar-refractivity contribution in [3.8, 4) is 0 Å². The van der Waals surface area contributed by atoms with Gasteiger partial charge < -0.3 is 11.1 Å². The van der Waals surface area contributed by atoms with Crippen molar-refractivity contribution >= 4 is 49.1 Å². The van der Waals surface area contributed by atoms with Crippen molar-refractivity contribution in [1.29, 1.82) is 0 Å². The second kappa shape index (κ2) is 6.41. The summed E-state index contributed by atoms with van der Waals surface area (Å²) in [6, 6.07) is 11.0. The van der Waals surface area contributed by atoms with Crippen molar-refractivity contribution in [2.24, 2.45) is 0 Å². The number of rotatable bonds is 3. The van der Waals surface area contributed by atoms with Crippen molar-refractivity contribution in [2.75, 3.05) is 11.1 Å². The molecule has 0 atom stereocenters. The van der Waals surface area contributed by atoms with Gasteiger partial charge in [-0.05, 0) is 48.4 Å². The Labute approximate surface area is 134 Å². The molecule has 0 saturated heterocycles. The average Bonchev–Trinajstić information content (AvgIpc) is 2.43. The summed E-state index contributed by atoms with van der Waals surface area (Å²) >= 11 is 6.78. The standard InChI is InChI=1S/C15H14Br2N2O/c1-2-9-7-10(16)4-6-14(9)19-15(20)12-8-11(17)3-5-13(12)18/h3-8H,2,18H2,1H3,(H,19,20). The molecule has 20 heavy (non-hydrogen) atoms. The molecule has 104 valence electrons. The van der Waals surface area contributed by atoms with Gasteiger partial charge in [0.05, 0.1) is 5.56 Å². The Kier molecular flexibility index (Phi) is 4.83. The molecule has 0 aliphatic carbocycles. The van der Waals surface area contributed by atoms with E-state index in [2.05, 4.69) is 37.2 Å². The lowest BCUT2D eigenvalue weighted by Gasteiger charge is -2.12. The first kappa shape index (κ1) is 15.1. The zero-order valence-electron chi connectivity index (χ0n) is 10.9. The second-order valence-electron chi connectivity index (χ2n) is 4.34. The van der Waals surface area contributed by atoms with E-state index in [1.165, 1.54) is 0 Å². The van der Waals surface area contributed by atoms with Crippen LogP contribution in [0.15, 0.2) is 45.3 Å². The van der Waals surface area contributed by atoms with E-state index < -0.39 is 0 Å². The van der Waals surface area contributed by atoms with E-state index in [-0.39, 0.29) is 5.91 Å². The topological polar surface area (TPSA) is 55.1 Å². The van der Waals surface area contributed by atoms with Crippen LogP contribution in [-0.2, 0) is 6.42 Å². The summed E-state index contributed by atoms with van der Waals surface area (Å²) in [4.78, 5) is 12.3. The molecule has 2 aromatic rings. The van der Waals surface area contributed by atoms with Gasteiger partial charge in [0.2, 0.25) is 0 Å². The zero-order chi connectivity index (χ0) is 14.7. The number of anilines is 2. The molecular weight excluding hydrogens is 384 g/mol. The number of carbonyl (C=O) groups is 1. The summed E-state index contributed by atoms with van der Waals surface area (Å²) in [5, 5.41) is 2.91. The third kappa shape index (κ3) is 3.41. The molecule has 0 radical (unpaired) electrons. The Morgan fingerprint density at radius 3 is 2.50 bits per heavy atom. The normalized spacial score (nSPS) is 10.3. The van der Waals surface area contributed by atoms with Crippen LogP contribution >= 0.6 is 31.9 Å². The molecule has 0 bridgehead atoms. The van der Waals surface area contributed by atoms with Crippen molar-refractivity contribution in [3.63, 3.8) is 0 Å². The fourth-order valence-electron chi connectivity index (χ4n) is 1.89. The number of halogens is 2. The molecule has 0 aromatic heterocycles. The van der Waals surface area contributed by atoms with E-state index >= 15 is 0 Å². The van der Waals surface area contributed by atoms with Crippen LogP contribution in [0.5, 0.6) is 0 Å². The minimum Gasteiger partial charge on any atom is -0.398 e. The highest BCUT2D eigenvalue weighted by Crippen LogP contribution is 2.24. The summed E-state index contributed by atoms with van der Waals surface area (Å²) in [6.07, 6.45) is 0.836. The van der Waals surface area contributed by atoms with E-state index in [0.29, 0.717) is 11.3 Å². The molecule has 2 aromatic carbocycles. The summed E-state index contributed by atoms with van der Waals surface area (Å²) < 4.78 is 1.82. The van der Waals surface area contributed by atoms with Crippen LogP contribution in [0.1, 0.15) is 22.8 Å². The molecule has 0 heterocycles.